The summed E-state index contributed by atoms with van der Waals surface area (Å²) in [4.78, 5) is 16.0. The Balaban J connectivity index is 1.68. The highest BCUT2D eigenvalue weighted by Gasteiger charge is 2.38. The number of nitrogens with zero attached hydrogens (tertiary/aromatic N) is 1. The van der Waals surface area contributed by atoms with Crippen LogP contribution in [0.2, 0.25) is 0 Å². The number of likely N-dealkylation sites (N-methyl/N-ethyl adjacent to an activating group) is 1. The van der Waals surface area contributed by atoms with E-state index in [0.717, 1.165) is 24.2 Å². The quantitative estimate of drug-likeness (QED) is 0.675. The number of benzene rings is 1. The molecule has 1 aromatic heterocycles. The van der Waals surface area contributed by atoms with Crippen LogP contribution in [0.4, 0.5) is 10.1 Å². The Morgan fingerprint density at radius 2 is 2.10 bits per heavy atom. The van der Waals surface area contributed by atoms with Crippen LogP contribution in [0, 0.1) is 5.82 Å². The standard InChI is InChI=1S/C23H25FN2O3S/c1-4-26(7-8-27)12-16-9-14(13-30-16)18-11-20(29-23(18,2)3)21-17-6-5-15(24)10-19(17)25-22(21)28/h5-6,9-11,13,27H,4,7-8,12H2,1-3H3,(H,25,28)/b21-20+. The van der Waals surface area contributed by atoms with Gasteiger partial charge in [-0.25, -0.2) is 4.39 Å². The molecule has 0 radical (unpaired) electrons. The Morgan fingerprint density at radius 1 is 1.30 bits per heavy atom. The van der Waals surface area contributed by atoms with E-state index in [2.05, 4.69) is 28.6 Å². The summed E-state index contributed by atoms with van der Waals surface area (Å²) in [6.45, 7) is 8.48. The first-order valence-electron chi connectivity index (χ1n) is 10.00. The molecule has 0 fully saturated rings. The van der Waals surface area contributed by atoms with Crippen molar-refractivity contribution in [2.24, 2.45) is 0 Å². The van der Waals surface area contributed by atoms with Crippen molar-refractivity contribution in [2.75, 3.05) is 25.0 Å². The second kappa shape index (κ2) is 7.98. The normalized spacial score (nSPS) is 19.7. The van der Waals surface area contributed by atoms with Gasteiger partial charge in [0.2, 0.25) is 0 Å². The number of fused-ring (bicyclic) bond motifs is 1. The number of nitrogens with one attached hydrogen (secondary N) is 1. The minimum atomic E-state index is -0.598. The molecule has 2 aliphatic rings. The maximum atomic E-state index is 13.5. The number of ether oxygens (including phenoxy) is 1. The molecular weight excluding hydrogens is 403 g/mol. The van der Waals surface area contributed by atoms with Gasteiger partial charge >= 0.3 is 0 Å². The Bertz CT molecular complexity index is 1050. The summed E-state index contributed by atoms with van der Waals surface area (Å²) in [5, 5.41) is 14.0. The fourth-order valence-corrected chi connectivity index (χ4v) is 4.85. The van der Waals surface area contributed by atoms with Gasteiger partial charge in [-0.1, -0.05) is 6.92 Å². The lowest BCUT2D eigenvalue weighted by Gasteiger charge is -2.23. The van der Waals surface area contributed by atoms with Gasteiger partial charge in [0, 0.05) is 29.1 Å². The molecule has 1 aromatic carbocycles. The van der Waals surface area contributed by atoms with Crippen molar-refractivity contribution in [2.45, 2.75) is 32.9 Å². The van der Waals surface area contributed by atoms with Crippen molar-refractivity contribution in [3.8, 4) is 0 Å². The number of hydrogen-bond donors (Lipinski definition) is 2. The highest BCUT2D eigenvalue weighted by Crippen LogP contribution is 2.45. The van der Waals surface area contributed by atoms with Crippen LogP contribution in [0.3, 0.4) is 0 Å². The lowest BCUT2D eigenvalue weighted by atomic mass is 9.94. The van der Waals surface area contributed by atoms with Gasteiger partial charge in [-0.2, -0.15) is 0 Å². The number of hydrogen-bond acceptors (Lipinski definition) is 5. The first-order valence-corrected chi connectivity index (χ1v) is 10.9. The number of allylic oxidation sites excluding steroid dienone is 1. The van der Waals surface area contributed by atoms with E-state index >= 15 is 0 Å². The van der Waals surface area contributed by atoms with Crippen LogP contribution >= 0.6 is 11.3 Å². The van der Waals surface area contributed by atoms with Crippen molar-refractivity contribution in [1.82, 2.24) is 4.90 Å². The summed E-state index contributed by atoms with van der Waals surface area (Å²) < 4.78 is 19.7. The molecule has 2 N–H and O–H groups in total. The highest BCUT2D eigenvalue weighted by molar-refractivity contribution is 7.10. The monoisotopic (exact) mass is 428 g/mol. The predicted octanol–water partition coefficient (Wildman–Crippen LogP) is 4.26. The number of aliphatic hydroxyl groups excluding tert-OH is 1. The molecule has 5 nitrogen and oxygen atoms in total. The number of rotatable bonds is 6. The maximum Gasteiger partial charge on any atom is 0.260 e. The van der Waals surface area contributed by atoms with E-state index in [4.69, 9.17) is 4.74 Å². The van der Waals surface area contributed by atoms with E-state index in [9.17, 15) is 14.3 Å². The van der Waals surface area contributed by atoms with Crippen LogP contribution in [0.25, 0.3) is 11.1 Å². The molecule has 0 atom stereocenters. The third-order valence-corrected chi connectivity index (χ3v) is 6.39. The van der Waals surface area contributed by atoms with Gasteiger partial charge in [-0.15, -0.1) is 11.3 Å². The fourth-order valence-electron chi connectivity index (χ4n) is 3.92. The van der Waals surface area contributed by atoms with Gasteiger partial charge in [-0.3, -0.25) is 9.69 Å². The summed E-state index contributed by atoms with van der Waals surface area (Å²) in [5.41, 5.74) is 3.02. The van der Waals surface area contributed by atoms with Crippen LogP contribution in [0.1, 0.15) is 36.8 Å². The van der Waals surface area contributed by atoms with Crippen LogP contribution in [0.15, 0.2) is 41.5 Å². The number of halogens is 1. The van der Waals surface area contributed by atoms with E-state index < -0.39 is 11.4 Å². The van der Waals surface area contributed by atoms with Gasteiger partial charge < -0.3 is 15.2 Å². The number of aliphatic hydroxyl groups is 1. The Hall–Kier alpha value is -2.48. The molecule has 0 bridgehead atoms. The minimum absolute atomic E-state index is 0.141. The Labute approximate surface area is 179 Å². The van der Waals surface area contributed by atoms with Crippen LogP contribution in [-0.2, 0) is 16.1 Å². The zero-order valence-electron chi connectivity index (χ0n) is 17.3. The third kappa shape index (κ3) is 3.80. The maximum absolute atomic E-state index is 13.5. The van der Waals surface area contributed by atoms with Crippen LogP contribution in [0.5, 0.6) is 0 Å². The van der Waals surface area contributed by atoms with Gasteiger partial charge in [0.15, 0.2) is 0 Å². The average Bonchev–Trinajstić information content (AvgIpc) is 3.35. The predicted molar refractivity (Wildman–Crippen MR) is 117 cm³/mol. The molecule has 2 aromatic rings. The van der Waals surface area contributed by atoms with Gasteiger partial charge in [0.1, 0.15) is 17.2 Å². The second-order valence-corrected chi connectivity index (χ2v) is 8.94. The number of carbonyl (C=O) groups excluding carboxylic acids is 1. The van der Waals surface area contributed by atoms with E-state index in [1.807, 2.05) is 19.9 Å². The molecule has 4 rings (SSSR count). The molecule has 3 heterocycles. The average molecular weight is 429 g/mol. The molecule has 7 heteroatoms. The van der Waals surface area contributed by atoms with E-state index in [-0.39, 0.29) is 12.5 Å². The molecule has 158 valence electrons. The van der Waals surface area contributed by atoms with Gasteiger partial charge in [-0.05, 0) is 61.7 Å². The Morgan fingerprint density at radius 3 is 2.83 bits per heavy atom. The number of carbonyl (C=O) groups is 1. The van der Waals surface area contributed by atoms with Crippen LogP contribution in [-0.4, -0.2) is 41.2 Å². The van der Waals surface area contributed by atoms with Crippen molar-refractivity contribution >= 4 is 34.1 Å². The molecule has 0 unspecified atom stereocenters. The zero-order chi connectivity index (χ0) is 21.5. The molecule has 0 saturated heterocycles. The van der Waals surface area contributed by atoms with Gasteiger partial charge in [0.25, 0.3) is 5.91 Å². The molecule has 0 saturated carbocycles. The SMILES string of the molecule is CCN(CCO)Cc1cc(C2=C/C(=C3\C(=O)Nc4cc(F)ccc43)OC2(C)C)cs1. The smallest absolute Gasteiger partial charge is 0.260 e. The van der Waals surface area contributed by atoms with Crippen molar-refractivity contribution in [3.05, 3.63) is 63.3 Å². The van der Waals surface area contributed by atoms with E-state index in [1.54, 1.807) is 17.4 Å². The molecule has 0 aliphatic carbocycles. The zero-order valence-corrected chi connectivity index (χ0v) is 18.1. The summed E-state index contributed by atoms with van der Waals surface area (Å²) in [6.07, 6.45) is 1.92. The molecule has 2 aliphatic heterocycles. The largest absolute Gasteiger partial charge is 0.482 e. The number of thiophene rings is 1. The number of anilines is 1. The first-order chi connectivity index (χ1) is 14.3. The summed E-state index contributed by atoms with van der Waals surface area (Å²) >= 11 is 1.67. The topological polar surface area (TPSA) is 61.8 Å². The second-order valence-electron chi connectivity index (χ2n) is 7.95. The lowest BCUT2D eigenvalue weighted by Crippen LogP contribution is -2.25. The molecule has 30 heavy (non-hydrogen) atoms. The minimum Gasteiger partial charge on any atom is -0.482 e. The summed E-state index contributed by atoms with van der Waals surface area (Å²) in [5.74, 6) is -0.175. The van der Waals surface area contributed by atoms with Gasteiger partial charge in [0.05, 0.1) is 17.9 Å². The lowest BCUT2D eigenvalue weighted by molar-refractivity contribution is -0.111. The molecule has 1 amide bonds. The Kier molecular flexibility index (Phi) is 5.53. The highest BCUT2D eigenvalue weighted by atomic mass is 32.1. The van der Waals surface area contributed by atoms with Crippen molar-refractivity contribution < 1.29 is 19.0 Å². The summed E-state index contributed by atoms with van der Waals surface area (Å²) in [7, 11) is 0. The molecule has 0 spiro atoms. The van der Waals surface area contributed by atoms with Crippen molar-refractivity contribution in [1.29, 1.82) is 0 Å². The third-order valence-electron chi connectivity index (χ3n) is 5.47. The van der Waals surface area contributed by atoms with E-state index in [1.165, 1.54) is 17.0 Å². The summed E-state index contributed by atoms with van der Waals surface area (Å²) in [6, 6.07) is 6.42. The first kappa shape index (κ1) is 20.8. The van der Waals surface area contributed by atoms with Crippen molar-refractivity contribution in [3.63, 3.8) is 0 Å². The van der Waals surface area contributed by atoms with E-state index in [0.29, 0.717) is 29.1 Å². The fraction of sp³-hybridized carbons (Fsp3) is 0.348. The molecular formula is C23H25FN2O3S. The number of amides is 1. The van der Waals surface area contributed by atoms with Crippen LogP contribution < -0.4 is 5.32 Å².